The third-order valence-corrected chi connectivity index (χ3v) is 1.34. The Morgan fingerprint density at radius 3 is 1.69 bits per heavy atom. The van der Waals surface area contributed by atoms with Gasteiger partial charge in [-0.25, -0.2) is 0 Å². The van der Waals surface area contributed by atoms with E-state index in [0.29, 0.717) is 0 Å². The summed E-state index contributed by atoms with van der Waals surface area (Å²) in [6.07, 6.45) is 5.08. The third-order valence-electron chi connectivity index (χ3n) is 1.34. The molecule has 0 heterocycles. The zero-order chi connectivity index (χ0) is 9.66. The SMILES string of the molecule is CCCC[N-]CCCC.O=CO.[Ni]. The monoisotopic (exact) mass is 232 g/mol. The van der Waals surface area contributed by atoms with Crippen molar-refractivity contribution in [3.8, 4) is 0 Å². The Labute approximate surface area is 91.2 Å². The summed E-state index contributed by atoms with van der Waals surface area (Å²) >= 11 is 0. The second-order valence-electron chi connectivity index (χ2n) is 2.48. The van der Waals surface area contributed by atoms with Crippen molar-refractivity contribution in [2.24, 2.45) is 0 Å². The molecule has 0 spiro atoms. The van der Waals surface area contributed by atoms with Gasteiger partial charge in [-0.1, -0.05) is 39.5 Å². The molecule has 0 unspecified atom stereocenters. The van der Waals surface area contributed by atoms with Crippen LogP contribution in [0, 0.1) is 0 Å². The van der Waals surface area contributed by atoms with E-state index in [0.717, 1.165) is 13.1 Å². The van der Waals surface area contributed by atoms with Crippen molar-refractivity contribution in [2.75, 3.05) is 13.1 Å². The summed E-state index contributed by atoms with van der Waals surface area (Å²) in [6, 6.07) is 0. The number of carbonyl (C=O) groups is 1. The average Bonchev–Trinajstić information content (AvgIpc) is 2.06. The molecule has 0 saturated heterocycles. The Balaban J connectivity index is -0.000000220. The van der Waals surface area contributed by atoms with Gasteiger partial charge in [0.2, 0.25) is 0 Å². The number of nitrogens with zero attached hydrogens (tertiary/aromatic N) is 1. The number of rotatable bonds is 6. The van der Waals surface area contributed by atoms with E-state index < -0.39 is 0 Å². The van der Waals surface area contributed by atoms with Gasteiger partial charge in [0.05, 0.1) is 0 Å². The van der Waals surface area contributed by atoms with Crippen LogP contribution in [0.2, 0.25) is 0 Å². The van der Waals surface area contributed by atoms with E-state index in [1.807, 2.05) is 0 Å². The second-order valence-corrected chi connectivity index (χ2v) is 2.48. The van der Waals surface area contributed by atoms with Gasteiger partial charge in [-0.2, -0.15) is 0 Å². The molecule has 0 aliphatic carbocycles. The quantitative estimate of drug-likeness (QED) is 0.435. The number of carboxylic acid groups (broad SMARTS) is 1. The van der Waals surface area contributed by atoms with Crippen LogP contribution < -0.4 is 0 Å². The maximum atomic E-state index is 8.36. The van der Waals surface area contributed by atoms with Gasteiger partial charge in [0.1, 0.15) is 0 Å². The van der Waals surface area contributed by atoms with Crippen molar-refractivity contribution < 1.29 is 26.4 Å². The molecule has 0 atom stereocenters. The molecule has 1 N–H and O–H groups in total. The molecule has 0 aliphatic rings. The Kier molecular flexibility index (Phi) is 32.5. The fourth-order valence-corrected chi connectivity index (χ4v) is 0.652. The van der Waals surface area contributed by atoms with Crippen LogP contribution in [0.3, 0.4) is 0 Å². The minimum atomic E-state index is -0.250. The van der Waals surface area contributed by atoms with E-state index in [1.54, 1.807) is 0 Å². The predicted molar refractivity (Wildman–Crippen MR) is 51.6 cm³/mol. The van der Waals surface area contributed by atoms with Crippen LogP contribution in [0.15, 0.2) is 0 Å². The summed E-state index contributed by atoms with van der Waals surface area (Å²) in [6.45, 7) is 6.32. The van der Waals surface area contributed by atoms with Gasteiger partial charge in [-0.05, 0) is 0 Å². The smallest absolute Gasteiger partial charge is 0.290 e. The van der Waals surface area contributed by atoms with Crippen LogP contribution in [-0.4, -0.2) is 24.7 Å². The van der Waals surface area contributed by atoms with Crippen LogP contribution in [0.25, 0.3) is 5.32 Å². The van der Waals surface area contributed by atoms with Gasteiger partial charge in [0, 0.05) is 16.5 Å². The van der Waals surface area contributed by atoms with Crippen molar-refractivity contribution in [2.45, 2.75) is 39.5 Å². The molecule has 84 valence electrons. The van der Waals surface area contributed by atoms with Gasteiger partial charge in [-0.15, -0.1) is 13.1 Å². The molecule has 0 amide bonds. The van der Waals surface area contributed by atoms with Crippen molar-refractivity contribution >= 4 is 6.47 Å². The summed E-state index contributed by atoms with van der Waals surface area (Å²) in [5.74, 6) is 0. The second kappa shape index (κ2) is 22.7. The summed E-state index contributed by atoms with van der Waals surface area (Å²) < 4.78 is 0. The minimum Gasteiger partial charge on any atom is -0.662 e. The third kappa shape index (κ3) is 33.5. The van der Waals surface area contributed by atoms with E-state index in [-0.39, 0.29) is 23.0 Å². The van der Waals surface area contributed by atoms with Crippen LogP contribution in [-0.2, 0) is 21.3 Å². The molecule has 3 nitrogen and oxygen atoms in total. The average molecular weight is 233 g/mol. The molecule has 0 radical (unpaired) electrons. The first kappa shape index (κ1) is 18.7. The first-order chi connectivity index (χ1) is 5.83. The number of unbranched alkanes of at least 4 members (excludes halogenated alkanes) is 2. The maximum absolute atomic E-state index is 8.36. The molecule has 0 bridgehead atoms. The van der Waals surface area contributed by atoms with Crippen LogP contribution in [0.1, 0.15) is 39.5 Å². The largest absolute Gasteiger partial charge is 0.662 e. The molecule has 0 saturated carbocycles. The first-order valence-corrected chi connectivity index (χ1v) is 4.54. The molecule has 4 heteroatoms. The molecule has 0 aromatic rings. The van der Waals surface area contributed by atoms with Crippen LogP contribution >= 0.6 is 0 Å². The summed E-state index contributed by atoms with van der Waals surface area (Å²) in [7, 11) is 0. The molecule has 0 aromatic heterocycles. The molecule has 0 rings (SSSR count). The maximum Gasteiger partial charge on any atom is 0.290 e. The normalized spacial score (nSPS) is 7.85. The summed E-state index contributed by atoms with van der Waals surface area (Å²) in [5, 5.41) is 11.2. The van der Waals surface area contributed by atoms with Gasteiger partial charge in [0.15, 0.2) is 0 Å². The van der Waals surface area contributed by atoms with Gasteiger partial charge in [0.25, 0.3) is 6.47 Å². The molecular formula is C9H20NNiO2-. The van der Waals surface area contributed by atoms with Crippen LogP contribution in [0.4, 0.5) is 0 Å². The van der Waals surface area contributed by atoms with Crippen molar-refractivity contribution in [3.05, 3.63) is 5.32 Å². The standard InChI is InChI=1S/C8H18N.CH2O2.Ni/c1-3-5-7-9-8-6-4-2;2-1-3;/h3-8H2,1-2H3;1H,(H,2,3);/q-1;;. The molecule has 13 heavy (non-hydrogen) atoms. The van der Waals surface area contributed by atoms with E-state index in [1.165, 1.54) is 25.7 Å². The first-order valence-electron chi connectivity index (χ1n) is 4.54. The fourth-order valence-electron chi connectivity index (χ4n) is 0.652. The van der Waals surface area contributed by atoms with Crippen molar-refractivity contribution in [3.63, 3.8) is 0 Å². The van der Waals surface area contributed by atoms with Gasteiger partial charge < -0.3 is 10.4 Å². The van der Waals surface area contributed by atoms with E-state index in [9.17, 15) is 0 Å². The number of hydrogen-bond donors (Lipinski definition) is 1. The summed E-state index contributed by atoms with van der Waals surface area (Å²) in [5.41, 5.74) is 0. The molecular weight excluding hydrogens is 213 g/mol. The van der Waals surface area contributed by atoms with E-state index >= 15 is 0 Å². The van der Waals surface area contributed by atoms with Crippen molar-refractivity contribution in [1.82, 2.24) is 0 Å². The van der Waals surface area contributed by atoms with E-state index in [2.05, 4.69) is 19.2 Å². The summed E-state index contributed by atoms with van der Waals surface area (Å²) in [4.78, 5) is 8.36. The number of hydrogen-bond acceptors (Lipinski definition) is 1. The van der Waals surface area contributed by atoms with Crippen LogP contribution in [0.5, 0.6) is 0 Å². The van der Waals surface area contributed by atoms with Gasteiger partial charge >= 0.3 is 0 Å². The minimum absolute atomic E-state index is 0. The van der Waals surface area contributed by atoms with Gasteiger partial charge in [-0.3, -0.25) is 4.79 Å². The fraction of sp³-hybridized carbons (Fsp3) is 0.889. The Morgan fingerprint density at radius 2 is 1.46 bits per heavy atom. The zero-order valence-corrected chi connectivity index (χ0v) is 9.43. The van der Waals surface area contributed by atoms with E-state index in [4.69, 9.17) is 9.90 Å². The molecule has 0 fully saturated rings. The molecule has 0 aliphatic heterocycles. The Morgan fingerprint density at radius 1 is 1.15 bits per heavy atom. The zero-order valence-electron chi connectivity index (χ0n) is 8.44. The Bertz CT molecular complexity index is 76.0. The predicted octanol–water partition coefficient (Wildman–Crippen LogP) is 2.66. The molecule has 0 aromatic carbocycles. The Hall–Kier alpha value is -0.0765. The van der Waals surface area contributed by atoms with Crippen molar-refractivity contribution in [1.29, 1.82) is 0 Å². The topological polar surface area (TPSA) is 51.4 Å².